The number of hydrogen-bond donors (Lipinski definition) is 2. The molecule has 0 saturated carbocycles. The van der Waals surface area contributed by atoms with Crippen LogP contribution >= 0.6 is 0 Å². The second-order valence-corrected chi connectivity index (χ2v) is 8.01. The Morgan fingerprint density at radius 3 is 2.88 bits per heavy atom. The molecule has 136 valence electrons. The quantitative estimate of drug-likeness (QED) is 0.888. The first-order valence-corrected chi connectivity index (χ1v) is 9.20. The second kappa shape index (κ2) is 7.08. The van der Waals surface area contributed by atoms with Crippen LogP contribution in [-0.2, 0) is 7.05 Å². The molecule has 2 heterocycles. The van der Waals surface area contributed by atoms with Gasteiger partial charge in [-0.05, 0) is 62.7 Å². The van der Waals surface area contributed by atoms with Crippen molar-refractivity contribution in [3.05, 3.63) is 30.5 Å². The number of urea groups is 1. The van der Waals surface area contributed by atoms with Crippen LogP contribution in [0.5, 0.6) is 0 Å². The Morgan fingerprint density at radius 2 is 2.12 bits per heavy atom. The number of aryl methyl sites for hydroxylation is 1. The summed E-state index contributed by atoms with van der Waals surface area (Å²) in [5.74, 6) is 0.735. The summed E-state index contributed by atoms with van der Waals surface area (Å²) >= 11 is 0. The molecule has 2 amide bonds. The molecule has 2 N–H and O–H groups in total. The van der Waals surface area contributed by atoms with Crippen molar-refractivity contribution < 1.29 is 4.79 Å². The number of amides is 2. The van der Waals surface area contributed by atoms with E-state index in [0.717, 1.165) is 30.2 Å². The lowest BCUT2D eigenvalue weighted by molar-refractivity contribution is 0.0728. The van der Waals surface area contributed by atoms with Gasteiger partial charge in [-0.25, -0.2) is 4.79 Å². The summed E-state index contributed by atoms with van der Waals surface area (Å²) in [6.45, 7) is 9.59. The molecule has 1 fully saturated rings. The summed E-state index contributed by atoms with van der Waals surface area (Å²) < 4.78 is 2.05. The van der Waals surface area contributed by atoms with Gasteiger partial charge in [0.05, 0.1) is 0 Å². The fourth-order valence-corrected chi connectivity index (χ4v) is 3.66. The predicted octanol–water partition coefficient (Wildman–Crippen LogP) is 3.81. The maximum atomic E-state index is 12.3. The fraction of sp³-hybridized carbons (Fsp3) is 0.550. The molecule has 3 rings (SSSR count). The highest BCUT2D eigenvalue weighted by Crippen LogP contribution is 2.23. The summed E-state index contributed by atoms with van der Waals surface area (Å²) in [4.78, 5) is 14.8. The lowest BCUT2D eigenvalue weighted by Crippen LogP contribution is -2.55. The first-order valence-electron chi connectivity index (χ1n) is 9.20. The number of carbonyl (C=O) groups is 1. The van der Waals surface area contributed by atoms with E-state index >= 15 is 0 Å². The number of likely N-dealkylation sites (tertiary alicyclic amines) is 1. The van der Waals surface area contributed by atoms with Gasteiger partial charge >= 0.3 is 6.03 Å². The van der Waals surface area contributed by atoms with Gasteiger partial charge in [-0.3, -0.25) is 4.90 Å². The normalized spacial score (nSPS) is 19.1. The number of fused-ring (bicyclic) bond motifs is 1. The lowest BCUT2D eigenvalue weighted by atomic mass is 9.93. The van der Waals surface area contributed by atoms with Crippen LogP contribution in [0.15, 0.2) is 30.5 Å². The van der Waals surface area contributed by atoms with Gasteiger partial charge in [0.2, 0.25) is 0 Å². The van der Waals surface area contributed by atoms with Crippen LogP contribution in [0.4, 0.5) is 10.5 Å². The van der Waals surface area contributed by atoms with Crippen molar-refractivity contribution in [2.45, 2.75) is 39.2 Å². The molecule has 0 aliphatic carbocycles. The number of aromatic nitrogens is 1. The van der Waals surface area contributed by atoms with Crippen LogP contribution in [0.3, 0.4) is 0 Å². The van der Waals surface area contributed by atoms with Crippen LogP contribution < -0.4 is 10.6 Å². The third-order valence-corrected chi connectivity index (χ3v) is 5.34. The molecule has 1 atom stereocenters. The van der Waals surface area contributed by atoms with Gasteiger partial charge in [-0.2, -0.15) is 0 Å². The molecule has 5 heteroatoms. The molecule has 1 unspecified atom stereocenters. The Balaban J connectivity index is 1.57. The van der Waals surface area contributed by atoms with E-state index in [1.54, 1.807) is 0 Å². The molecule has 0 radical (unpaired) electrons. The van der Waals surface area contributed by atoms with E-state index in [-0.39, 0.29) is 11.6 Å². The monoisotopic (exact) mass is 342 g/mol. The van der Waals surface area contributed by atoms with Crippen molar-refractivity contribution in [1.29, 1.82) is 0 Å². The van der Waals surface area contributed by atoms with Crippen LogP contribution in [0.25, 0.3) is 10.9 Å². The summed E-state index contributed by atoms with van der Waals surface area (Å²) in [5, 5.41) is 7.17. The topological polar surface area (TPSA) is 49.3 Å². The van der Waals surface area contributed by atoms with E-state index in [2.05, 4.69) is 46.9 Å². The van der Waals surface area contributed by atoms with Gasteiger partial charge in [0.15, 0.2) is 0 Å². The Morgan fingerprint density at radius 1 is 1.32 bits per heavy atom. The predicted molar refractivity (Wildman–Crippen MR) is 104 cm³/mol. The highest BCUT2D eigenvalue weighted by Gasteiger charge is 2.30. The van der Waals surface area contributed by atoms with E-state index in [0.29, 0.717) is 6.54 Å². The van der Waals surface area contributed by atoms with Gasteiger partial charge < -0.3 is 15.2 Å². The maximum Gasteiger partial charge on any atom is 0.319 e. The van der Waals surface area contributed by atoms with Gasteiger partial charge in [0, 0.05) is 43.1 Å². The van der Waals surface area contributed by atoms with Crippen molar-refractivity contribution in [2.75, 3.05) is 25.0 Å². The van der Waals surface area contributed by atoms with Crippen LogP contribution in [0.2, 0.25) is 0 Å². The molecule has 2 aromatic rings. The number of piperidine rings is 1. The molecule has 1 aliphatic heterocycles. The molecule has 1 saturated heterocycles. The maximum absolute atomic E-state index is 12.3. The molecule has 0 bridgehead atoms. The fourth-order valence-electron chi connectivity index (χ4n) is 3.66. The van der Waals surface area contributed by atoms with Crippen LogP contribution in [-0.4, -0.2) is 40.7 Å². The van der Waals surface area contributed by atoms with Gasteiger partial charge in [0.25, 0.3) is 0 Å². The Kier molecular flexibility index (Phi) is 5.04. The summed E-state index contributed by atoms with van der Waals surface area (Å²) in [6, 6.07) is 7.91. The number of benzene rings is 1. The minimum absolute atomic E-state index is 0.0336. The van der Waals surface area contributed by atoms with Gasteiger partial charge in [-0.15, -0.1) is 0 Å². The number of nitrogens with zero attached hydrogens (tertiary/aromatic N) is 2. The molecule has 1 aromatic heterocycles. The molecule has 1 aromatic carbocycles. The summed E-state index contributed by atoms with van der Waals surface area (Å²) in [5.41, 5.74) is 1.89. The Bertz CT molecular complexity index is 749. The van der Waals surface area contributed by atoms with Crippen molar-refractivity contribution in [3.8, 4) is 0 Å². The number of rotatable bonds is 4. The van der Waals surface area contributed by atoms with Gasteiger partial charge in [-0.1, -0.05) is 13.0 Å². The summed E-state index contributed by atoms with van der Waals surface area (Å²) in [6.07, 6.45) is 4.58. The minimum atomic E-state index is -0.147. The Labute approximate surface area is 150 Å². The molecular weight excluding hydrogens is 312 g/mol. The third kappa shape index (κ3) is 4.15. The van der Waals surface area contributed by atoms with Crippen LogP contribution in [0, 0.1) is 5.92 Å². The van der Waals surface area contributed by atoms with Crippen molar-refractivity contribution in [3.63, 3.8) is 0 Å². The lowest BCUT2D eigenvalue weighted by Gasteiger charge is -2.43. The van der Waals surface area contributed by atoms with E-state index in [4.69, 9.17) is 0 Å². The first kappa shape index (κ1) is 17.8. The smallest absolute Gasteiger partial charge is 0.319 e. The van der Waals surface area contributed by atoms with Gasteiger partial charge in [0.1, 0.15) is 0 Å². The number of nitrogens with one attached hydrogen (secondary N) is 2. The average Bonchev–Trinajstić information content (AvgIpc) is 2.94. The zero-order valence-corrected chi connectivity index (χ0v) is 15.8. The Hall–Kier alpha value is -2.01. The van der Waals surface area contributed by atoms with E-state index in [1.807, 2.05) is 31.4 Å². The third-order valence-electron chi connectivity index (χ3n) is 5.34. The van der Waals surface area contributed by atoms with E-state index in [1.165, 1.54) is 18.2 Å². The van der Waals surface area contributed by atoms with Crippen molar-refractivity contribution >= 4 is 22.6 Å². The zero-order valence-electron chi connectivity index (χ0n) is 15.8. The number of hydrogen-bond acceptors (Lipinski definition) is 2. The molecule has 1 aliphatic rings. The first-order chi connectivity index (χ1) is 11.8. The van der Waals surface area contributed by atoms with Crippen LogP contribution in [0.1, 0.15) is 33.6 Å². The standard InChI is InChI=1S/C20H30N4O/c1-15-6-5-10-24(13-15)20(2,3)14-21-19(25)22-17-8-7-16-9-11-23(4)18(16)12-17/h7-9,11-12,15H,5-6,10,13-14H2,1-4H3,(H2,21,22,25). The van der Waals surface area contributed by atoms with Crippen molar-refractivity contribution in [2.24, 2.45) is 13.0 Å². The molecule has 5 nitrogen and oxygen atoms in total. The average molecular weight is 342 g/mol. The molecule has 0 spiro atoms. The molecular formula is C20H30N4O. The largest absolute Gasteiger partial charge is 0.350 e. The second-order valence-electron chi connectivity index (χ2n) is 8.01. The number of anilines is 1. The molecule has 25 heavy (non-hydrogen) atoms. The highest BCUT2D eigenvalue weighted by atomic mass is 16.2. The van der Waals surface area contributed by atoms with Crippen molar-refractivity contribution in [1.82, 2.24) is 14.8 Å². The van der Waals surface area contributed by atoms with E-state index < -0.39 is 0 Å². The zero-order chi connectivity index (χ0) is 18.0. The summed E-state index contributed by atoms with van der Waals surface area (Å²) in [7, 11) is 2.01. The SMILES string of the molecule is CC1CCCN(C(C)(C)CNC(=O)Nc2ccc3ccn(C)c3c2)C1. The highest BCUT2D eigenvalue weighted by molar-refractivity contribution is 5.92. The minimum Gasteiger partial charge on any atom is -0.350 e. The number of carbonyl (C=O) groups excluding carboxylic acids is 1. The van der Waals surface area contributed by atoms with E-state index in [9.17, 15) is 4.79 Å².